The Morgan fingerprint density at radius 2 is 2.05 bits per heavy atom. The van der Waals surface area contributed by atoms with Gasteiger partial charge in [-0.25, -0.2) is 4.39 Å². The molecule has 0 saturated carbocycles. The van der Waals surface area contributed by atoms with Gasteiger partial charge in [-0.05, 0) is 63.5 Å². The third kappa shape index (κ3) is 3.31. The topological polar surface area (TPSA) is 58.4 Å². The molecule has 0 aromatic heterocycles. The molecule has 2 saturated heterocycles. The predicted octanol–water partition coefficient (Wildman–Crippen LogP) is 2.40. The number of anilines is 1. The number of hydrogen-bond acceptors (Lipinski definition) is 4. The molecule has 1 aromatic rings. The van der Waals surface area contributed by atoms with E-state index in [2.05, 4.69) is 10.2 Å². The summed E-state index contributed by atoms with van der Waals surface area (Å²) in [5.74, 6) is -0.489. The molecule has 120 valence electrons. The van der Waals surface area contributed by atoms with Crippen LogP contribution in [-0.2, 0) is 0 Å². The van der Waals surface area contributed by atoms with Crippen molar-refractivity contribution in [3.63, 3.8) is 0 Å². The van der Waals surface area contributed by atoms with E-state index in [1.807, 2.05) is 0 Å². The highest BCUT2D eigenvalue weighted by atomic mass is 19.1. The lowest BCUT2D eigenvalue weighted by atomic mass is 9.87. The summed E-state index contributed by atoms with van der Waals surface area (Å²) in [5, 5.41) is 3.52. The van der Waals surface area contributed by atoms with Crippen LogP contribution >= 0.6 is 0 Å². The number of benzene rings is 1. The molecule has 2 unspecified atom stereocenters. The molecule has 3 rings (SSSR count). The number of halogens is 1. The average molecular weight is 305 g/mol. The highest BCUT2D eigenvalue weighted by Crippen LogP contribution is 2.27. The summed E-state index contributed by atoms with van der Waals surface area (Å²) < 4.78 is 13.4. The van der Waals surface area contributed by atoms with Crippen LogP contribution in [0.15, 0.2) is 18.2 Å². The number of nitrogens with two attached hydrogens (primary N) is 1. The second kappa shape index (κ2) is 6.75. The Morgan fingerprint density at radius 1 is 1.27 bits per heavy atom. The van der Waals surface area contributed by atoms with Gasteiger partial charge >= 0.3 is 0 Å². The quantitative estimate of drug-likeness (QED) is 0.665. The molecule has 2 atom stereocenters. The van der Waals surface area contributed by atoms with Gasteiger partial charge in [0.1, 0.15) is 5.82 Å². The molecule has 0 aliphatic carbocycles. The Hall–Kier alpha value is -1.46. The first-order valence-corrected chi connectivity index (χ1v) is 8.22. The summed E-state index contributed by atoms with van der Waals surface area (Å²) >= 11 is 0. The summed E-state index contributed by atoms with van der Waals surface area (Å²) in [4.78, 5) is 15.2. The van der Waals surface area contributed by atoms with Gasteiger partial charge in [-0.2, -0.15) is 0 Å². The maximum absolute atomic E-state index is 13.4. The van der Waals surface area contributed by atoms with Crippen LogP contribution in [0.3, 0.4) is 0 Å². The van der Waals surface area contributed by atoms with Gasteiger partial charge in [-0.1, -0.05) is 6.42 Å². The van der Waals surface area contributed by atoms with Crippen LogP contribution in [0.2, 0.25) is 0 Å². The van der Waals surface area contributed by atoms with Gasteiger partial charge in [0.05, 0.1) is 6.17 Å². The van der Waals surface area contributed by atoms with E-state index in [1.165, 1.54) is 37.5 Å². The van der Waals surface area contributed by atoms with Crippen molar-refractivity contribution in [1.82, 2.24) is 10.2 Å². The molecule has 2 heterocycles. The Bertz CT molecular complexity index is 543. The molecule has 22 heavy (non-hydrogen) atoms. The van der Waals surface area contributed by atoms with Crippen LogP contribution in [0.4, 0.5) is 10.1 Å². The zero-order valence-electron chi connectivity index (χ0n) is 12.9. The Kier molecular flexibility index (Phi) is 4.74. The van der Waals surface area contributed by atoms with Crippen LogP contribution in [0, 0.1) is 11.7 Å². The smallest absolute Gasteiger partial charge is 0.168 e. The van der Waals surface area contributed by atoms with E-state index in [4.69, 9.17) is 5.73 Å². The molecular formula is C17H24FN3O. The summed E-state index contributed by atoms with van der Waals surface area (Å²) in [5.41, 5.74) is 6.57. The average Bonchev–Trinajstić information content (AvgIpc) is 2.57. The predicted molar refractivity (Wildman–Crippen MR) is 85.1 cm³/mol. The Morgan fingerprint density at radius 3 is 2.82 bits per heavy atom. The number of nitrogens with one attached hydrogen (secondary N) is 1. The van der Waals surface area contributed by atoms with E-state index in [1.54, 1.807) is 0 Å². The van der Waals surface area contributed by atoms with Gasteiger partial charge in [0.15, 0.2) is 5.78 Å². The number of ketones is 1. The first-order valence-electron chi connectivity index (χ1n) is 8.22. The van der Waals surface area contributed by atoms with Gasteiger partial charge in [-0.3, -0.25) is 9.69 Å². The largest absolute Gasteiger partial charge is 0.398 e. The fraction of sp³-hybridized carbons (Fsp3) is 0.588. The van der Waals surface area contributed by atoms with E-state index >= 15 is 0 Å². The van der Waals surface area contributed by atoms with Gasteiger partial charge in [-0.15, -0.1) is 0 Å². The number of hydrogen-bond donors (Lipinski definition) is 2. The van der Waals surface area contributed by atoms with Crippen LogP contribution in [-0.4, -0.2) is 36.5 Å². The zero-order chi connectivity index (χ0) is 15.5. The third-order valence-electron chi connectivity index (χ3n) is 4.86. The van der Waals surface area contributed by atoms with E-state index in [0.29, 0.717) is 11.3 Å². The number of carbonyl (C=O) groups excluding carboxylic acids is 1. The minimum atomic E-state index is -0.404. The first-order chi connectivity index (χ1) is 10.6. The van der Waals surface area contributed by atoms with Gasteiger partial charge in [0, 0.05) is 17.2 Å². The lowest BCUT2D eigenvalue weighted by Crippen LogP contribution is -2.52. The standard InChI is InChI=1S/C17H24FN3O/c18-13-4-5-15(19)14(11-13)17(22)12-6-7-20-16(10-12)21-8-2-1-3-9-21/h4-5,11-12,16,20H,1-3,6-10,19H2. The monoisotopic (exact) mass is 305 g/mol. The van der Waals surface area contributed by atoms with Crippen molar-refractivity contribution in [2.24, 2.45) is 5.92 Å². The van der Waals surface area contributed by atoms with Gasteiger partial charge < -0.3 is 11.1 Å². The van der Waals surface area contributed by atoms with E-state index in [-0.39, 0.29) is 17.9 Å². The molecule has 0 spiro atoms. The van der Waals surface area contributed by atoms with Crippen molar-refractivity contribution in [2.45, 2.75) is 38.3 Å². The van der Waals surface area contributed by atoms with Crippen molar-refractivity contribution < 1.29 is 9.18 Å². The van der Waals surface area contributed by atoms with Crippen molar-refractivity contribution in [2.75, 3.05) is 25.4 Å². The molecule has 2 aliphatic heterocycles. The van der Waals surface area contributed by atoms with Gasteiger partial charge in [0.2, 0.25) is 0 Å². The molecule has 0 amide bonds. The van der Waals surface area contributed by atoms with Crippen molar-refractivity contribution in [3.8, 4) is 0 Å². The van der Waals surface area contributed by atoms with E-state index < -0.39 is 5.82 Å². The molecule has 4 nitrogen and oxygen atoms in total. The SMILES string of the molecule is Nc1ccc(F)cc1C(=O)C1CCNC(N2CCCCC2)C1. The highest BCUT2D eigenvalue weighted by molar-refractivity contribution is 6.02. The number of rotatable bonds is 3. The van der Waals surface area contributed by atoms with Crippen LogP contribution in [0.5, 0.6) is 0 Å². The summed E-state index contributed by atoms with van der Waals surface area (Å²) in [6.45, 7) is 3.02. The summed E-state index contributed by atoms with van der Waals surface area (Å²) in [7, 11) is 0. The molecular weight excluding hydrogens is 281 g/mol. The van der Waals surface area contributed by atoms with Crippen LogP contribution < -0.4 is 11.1 Å². The Labute approximate surface area is 130 Å². The second-order valence-corrected chi connectivity index (χ2v) is 6.38. The lowest BCUT2D eigenvalue weighted by Gasteiger charge is -2.39. The number of Topliss-reactive ketones (excluding diaryl/α,β-unsaturated/α-hetero) is 1. The Balaban J connectivity index is 1.71. The number of nitrogen functional groups attached to an aromatic ring is 1. The molecule has 0 radical (unpaired) electrons. The fourth-order valence-corrected chi connectivity index (χ4v) is 3.60. The number of piperidine rings is 2. The molecule has 3 N–H and O–H groups in total. The molecule has 5 heteroatoms. The minimum absolute atomic E-state index is 0.0134. The zero-order valence-corrected chi connectivity index (χ0v) is 12.9. The highest BCUT2D eigenvalue weighted by Gasteiger charge is 2.32. The summed E-state index contributed by atoms with van der Waals surface area (Å²) in [6.07, 6.45) is 5.60. The van der Waals surface area contributed by atoms with E-state index in [9.17, 15) is 9.18 Å². The normalized spacial score (nSPS) is 26.8. The maximum Gasteiger partial charge on any atom is 0.168 e. The number of likely N-dealkylation sites (tertiary alicyclic amines) is 1. The number of carbonyl (C=O) groups is 1. The third-order valence-corrected chi connectivity index (χ3v) is 4.86. The first kappa shape index (κ1) is 15.4. The maximum atomic E-state index is 13.4. The van der Waals surface area contributed by atoms with Crippen LogP contribution in [0.25, 0.3) is 0 Å². The van der Waals surface area contributed by atoms with Gasteiger partial charge in [0.25, 0.3) is 0 Å². The van der Waals surface area contributed by atoms with Crippen molar-refractivity contribution in [3.05, 3.63) is 29.6 Å². The molecule has 2 fully saturated rings. The number of nitrogens with zero attached hydrogens (tertiary/aromatic N) is 1. The van der Waals surface area contributed by atoms with Crippen molar-refractivity contribution in [1.29, 1.82) is 0 Å². The lowest BCUT2D eigenvalue weighted by molar-refractivity contribution is 0.0706. The fourth-order valence-electron chi connectivity index (χ4n) is 3.60. The van der Waals surface area contributed by atoms with Crippen LogP contribution in [0.1, 0.15) is 42.5 Å². The molecule has 1 aromatic carbocycles. The molecule has 0 bridgehead atoms. The molecule has 2 aliphatic rings. The summed E-state index contributed by atoms with van der Waals surface area (Å²) in [6, 6.07) is 4.05. The minimum Gasteiger partial charge on any atom is -0.398 e. The van der Waals surface area contributed by atoms with E-state index in [0.717, 1.165) is 32.5 Å². The second-order valence-electron chi connectivity index (χ2n) is 6.38. The van der Waals surface area contributed by atoms with Crippen molar-refractivity contribution >= 4 is 11.5 Å².